The molecular weight excluding hydrogens is 406 g/mol. The number of likely N-dealkylation sites (N-methyl/N-ethyl adjacent to an activating group) is 1. The van der Waals surface area contributed by atoms with Crippen LogP contribution in [0.3, 0.4) is 0 Å². The number of hydrogen-bond donors (Lipinski definition) is 2. The average molecular weight is 430 g/mol. The maximum Gasteiger partial charge on any atom is 0.333 e. The van der Waals surface area contributed by atoms with Gasteiger partial charge in [-0.25, -0.2) is 17.9 Å². The zero-order valence-electron chi connectivity index (χ0n) is 16.7. The highest BCUT2D eigenvalue weighted by molar-refractivity contribution is 7.90. The predicted octanol–water partition coefficient (Wildman–Crippen LogP) is 1.46. The van der Waals surface area contributed by atoms with Crippen molar-refractivity contribution in [2.75, 3.05) is 18.9 Å². The normalized spacial score (nSPS) is 17.5. The Hall–Kier alpha value is -2.88. The predicted molar refractivity (Wildman–Crippen MR) is 109 cm³/mol. The molecule has 9 nitrogen and oxygen atoms in total. The van der Waals surface area contributed by atoms with Gasteiger partial charge in [-0.1, -0.05) is 6.07 Å². The molecule has 0 bridgehead atoms. The Bertz CT molecular complexity index is 1150. The number of anilines is 1. The topological polar surface area (TPSA) is 113 Å². The van der Waals surface area contributed by atoms with Crippen molar-refractivity contribution in [1.82, 2.24) is 19.4 Å². The molecule has 0 radical (unpaired) electrons. The minimum atomic E-state index is -4.26. The summed E-state index contributed by atoms with van der Waals surface area (Å²) in [5.41, 5.74) is 5.45. The van der Waals surface area contributed by atoms with Gasteiger partial charge in [0.1, 0.15) is 10.6 Å². The van der Waals surface area contributed by atoms with Gasteiger partial charge in [0.05, 0.1) is 12.7 Å². The van der Waals surface area contributed by atoms with E-state index in [1.54, 1.807) is 7.05 Å². The summed E-state index contributed by atoms with van der Waals surface area (Å²) in [7, 11) is -2.65. The van der Waals surface area contributed by atoms with Crippen molar-refractivity contribution < 1.29 is 18.0 Å². The number of nitrogens with one attached hydrogen (secondary N) is 2. The standard InChI is InChI=1S/C20H23N5O4S/c1-24-8-9-25-18(19(24)26)16(11-21-25)30(28,29)23-20(27)22-17-14-6-2-4-12(14)10-13-5-3-7-15(13)17/h10-11H,2-9H2,1H3,(H2,22,23,27). The molecule has 2 aromatic rings. The van der Waals surface area contributed by atoms with Crippen LogP contribution >= 0.6 is 0 Å². The van der Waals surface area contributed by atoms with Crippen molar-refractivity contribution in [2.45, 2.75) is 50.0 Å². The van der Waals surface area contributed by atoms with Crippen LogP contribution in [0, 0.1) is 0 Å². The molecule has 3 aliphatic rings. The molecule has 2 heterocycles. The molecule has 0 fully saturated rings. The number of benzene rings is 1. The highest BCUT2D eigenvalue weighted by Gasteiger charge is 2.33. The molecule has 2 aliphatic carbocycles. The van der Waals surface area contributed by atoms with E-state index in [1.807, 2.05) is 0 Å². The largest absolute Gasteiger partial charge is 0.338 e. The summed E-state index contributed by atoms with van der Waals surface area (Å²) in [4.78, 5) is 26.3. The van der Waals surface area contributed by atoms with Gasteiger partial charge >= 0.3 is 6.03 Å². The second kappa shape index (κ2) is 6.83. The van der Waals surface area contributed by atoms with E-state index in [0.29, 0.717) is 13.1 Å². The van der Waals surface area contributed by atoms with Crippen LogP contribution in [0.2, 0.25) is 0 Å². The van der Waals surface area contributed by atoms with Crippen LogP contribution in [0.4, 0.5) is 10.5 Å². The lowest BCUT2D eigenvalue weighted by atomic mass is 9.99. The van der Waals surface area contributed by atoms with Gasteiger partial charge in [-0.2, -0.15) is 5.10 Å². The summed E-state index contributed by atoms with van der Waals surface area (Å²) in [6.07, 6.45) is 6.91. The van der Waals surface area contributed by atoms with Gasteiger partial charge in [0.15, 0.2) is 0 Å². The number of carbonyl (C=O) groups is 2. The summed E-state index contributed by atoms with van der Waals surface area (Å²) in [5, 5.41) is 6.82. The Morgan fingerprint density at radius 1 is 1.07 bits per heavy atom. The molecule has 0 saturated heterocycles. The fourth-order valence-electron chi connectivity index (χ4n) is 4.76. The first kappa shape index (κ1) is 19.1. The van der Waals surface area contributed by atoms with Gasteiger partial charge in [-0.15, -0.1) is 0 Å². The van der Waals surface area contributed by atoms with Crippen LogP contribution in [0.15, 0.2) is 17.2 Å². The van der Waals surface area contributed by atoms with Crippen LogP contribution in [-0.2, 0) is 42.3 Å². The van der Waals surface area contributed by atoms with E-state index in [1.165, 1.54) is 20.7 Å². The van der Waals surface area contributed by atoms with Crippen molar-refractivity contribution in [3.05, 3.63) is 40.2 Å². The summed E-state index contributed by atoms with van der Waals surface area (Å²) in [5.74, 6) is -0.432. The summed E-state index contributed by atoms with van der Waals surface area (Å²) in [6.45, 7) is 0.854. The van der Waals surface area contributed by atoms with Crippen molar-refractivity contribution in [3.8, 4) is 0 Å². The van der Waals surface area contributed by atoms with Crippen molar-refractivity contribution >= 4 is 27.6 Å². The zero-order chi connectivity index (χ0) is 21.0. The average Bonchev–Trinajstić information content (AvgIpc) is 3.42. The minimum Gasteiger partial charge on any atom is -0.338 e. The second-order valence-corrected chi connectivity index (χ2v) is 9.75. The molecule has 0 saturated carbocycles. The first-order valence-electron chi connectivity index (χ1n) is 10.2. The molecule has 1 aromatic heterocycles. The fourth-order valence-corrected chi connectivity index (χ4v) is 5.80. The molecule has 1 aromatic carbocycles. The van der Waals surface area contributed by atoms with Crippen molar-refractivity contribution in [3.63, 3.8) is 0 Å². The van der Waals surface area contributed by atoms with Crippen LogP contribution in [0.5, 0.6) is 0 Å². The van der Waals surface area contributed by atoms with E-state index in [-0.39, 0.29) is 10.6 Å². The third-order valence-electron chi connectivity index (χ3n) is 6.23. The monoisotopic (exact) mass is 429 g/mol. The first-order chi connectivity index (χ1) is 14.3. The Labute approximate surface area is 174 Å². The maximum atomic E-state index is 12.9. The SMILES string of the molecule is CN1CCn2ncc(S(=O)(=O)NC(=O)Nc3c4c(cc5c3CCC5)CCC4)c2C1=O. The molecule has 2 N–H and O–H groups in total. The van der Waals surface area contributed by atoms with Crippen LogP contribution < -0.4 is 10.0 Å². The molecular formula is C20H23N5O4S. The lowest BCUT2D eigenvalue weighted by Crippen LogP contribution is -2.40. The number of amides is 3. The second-order valence-electron chi connectivity index (χ2n) is 8.10. The van der Waals surface area contributed by atoms with E-state index in [9.17, 15) is 18.0 Å². The molecule has 1 aliphatic heterocycles. The molecule has 158 valence electrons. The number of aryl methyl sites for hydroxylation is 2. The molecule has 30 heavy (non-hydrogen) atoms. The zero-order valence-corrected chi connectivity index (χ0v) is 17.5. The van der Waals surface area contributed by atoms with E-state index in [0.717, 1.165) is 61.5 Å². The fraction of sp³-hybridized carbons (Fsp3) is 0.450. The Kier molecular flexibility index (Phi) is 4.35. The number of fused-ring (bicyclic) bond motifs is 3. The molecule has 5 rings (SSSR count). The first-order valence-corrected chi connectivity index (χ1v) is 11.6. The number of nitrogens with zero attached hydrogens (tertiary/aromatic N) is 3. The van der Waals surface area contributed by atoms with Gasteiger partial charge in [0.25, 0.3) is 15.9 Å². The number of aromatic nitrogens is 2. The number of sulfonamides is 1. The van der Waals surface area contributed by atoms with Crippen LogP contribution in [0.25, 0.3) is 0 Å². The van der Waals surface area contributed by atoms with E-state index >= 15 is 0 Å². The maximum absolute atomic E-state index is 12.9. The molecule has 3 amide bonds. The third kappa shape index (κ3) is 2.97. The Balaban J connectivity index is 1.43. The van der Waals surface area contributed by atoms with Crippen molar-refractivity contribution in [2.24, 2.45) is 0 Å². The van der Waals surface area contributed by atoms with Crippen molar-refractivity contribution in [1.29, 1.82) is 0 Å². The lowest BCUT2D eigenvalue weighted by Gasteiger charge is -2.24. The number of rotatable bonds is 3. The quantitative estimate of drug-likeness (QED) is 0.767. The lowest BCUT2D eigenvalue weighted by molar-refractivity contribution is 0.0738. The highest BCUT2D eigenvalue weighted by Crippen LogP contribution is 2.38. The summed E-state index contributed by atoms with van der Waals surface area (Å²) in [6, 6.07) is 1.42. The van der Waals surface area contributed by atoms with Gasteiger partial charge in [0, 0.05) is 19.3 Å². The number of carbonyl (C=O) groups excluding carboxylic acids is 2. The van der Waals surface area contributed by atoms with Gasteiger partial charge < -0.3 is 10.2 Å². The van der Waals surface area contributed by atoms with E-state index in [4.69, 9.17) is 0 Å². The Morgan fingerprint density at radius 2 is 1.73 bits per heavy atom. The molecule has 0 spiro atoms. The summed E-state index contributed by atoms with van der Waals surface area (Å²) >= 11 is 0. The number of hydrogen-bond acceptors (Lipinski definition) is 5. The molecule has 0 atom stereocenters. The molecule has 0 unspecified atom stereocenters. The van der Waals surface area contributed by atoms with Crippen LogP contribution in [-0.4, -0.2) is 48.6 Å². The minimum absolute atomic E-state index is 0.0226. The smallest absolute Gasteiger partial charge is 0.333 e. The van der Waals surface area contributed by atoms with Gasteiger partial charge in [-0.05, 0) is 60.8 Å². The summed E-state index contributed by atoms with van der Waals surface area (Å²) < 4.78 is 29.2. The van der Waals surface area contributed by atoms with E-state index < -0.39 is 22.0 Å². The Morgan fingerprint density at radius 3 is 2.40 bits per heavy atom. The van der Waals surface area contributed by atoms with Crippen LogP contribution in [0.1, 0.15) is 45.6 Å². The number of urea groups is 1. The third-order valence-corrected chi connectivity index (χ3v) is 7.56. The van der Waals surface area contributed by atoms with E-state index in [2.05, 4.69) is 21.2 Å². The van der Waals surface area contributed by atoms with Gasteiger partial charge in [0.2, 0.25) is 0 Å². The highest BCUT2D eigenvalue weighted by atomic mass is 32.2. The molecule has 10 heteroatoms. The van der Waals surface area contributed by atoms with Gasteiger partial charge in [-0.3, -0.25) is 9.48 Å².